The summed E-state index contributed by atoms with van der Waals surface area (Å²) in [5.41, 5.74) is 0. The number of hydrogen-bond acceptors (Lipinski definition) is 1. The minimum Gasteiger partial charge on any atom is -0.361 e. The minimum absolute atomic E-state index is 0.416. The van der Waals surface area contributed by atoms with E-state index in [2.05, 4.69) is 38.3 Å². The molecule has 11 heavy (non-hydrogen) atoms. The van der Waals surface area contributed by atoms with E-state index in [1.807, 2.05) is 0 Å². The zero-order valence-corrected chi connectivity index (χ0v) is 8.59. The molecule has 3 heteroatoms. The van der Waals surface area contributed by atoms with Crippen molar-refractivity contribution in [2.75, 3.05) is 0 Å². The minimum atomic E-state index is 0.416. The molecule has 0 aliphatic carbocycles. The van der Waals surface area contributed by atoms with Crippen LogP contribution in [-0.4, -0.2) is 17.2 Å². The van der Waals surface area contributed by atoms with E-state index in [0.29, 0.717) is 12.1 Å². The summed E-state index contributed by atoms with van der Waals surface area (Å²) in [6.07, 6.45) is 1.10. The molecule has 0 radical (unpaired) electrons. The van der Waals surface area contributed by atoms with Crippen LogP contribution in [0, 0.1) is 0 Å². The Labute approximate surface area is 74.8 Å². The summed E-state index contributed by atoms with van der Waals surface area (Å²) in [5, 5.41) is 7.07. The normalized spacial score (nSPS) is 12.8. The van der Waals surface area contributed by atoms with Crippen LogP contribution >= 0.6 is 12.2 Å². The monoisotopic (exact) mass is 174 g/mol. The van der Waals surface area contributed by atoms with Gasteiger partial charge in [0.25, 0.3) is 0 Å². The highest BCUT2D eigenvalue weighted by Gasteiger charge is 2.01. The summed E-state index contributed by atoms with van der Waals surface area (Å²) in [4.78, 5) is 0. The fourth-order valence-electron chi connectivity index (χ4n) is 0.630. The molecule has 2 N–H and O–H groups in total. The number of rotatable bonds is 3. The zero-order chi connectivity index (χ0) is 8.85. The molecule has 0 saturated carbocycles. The van der Waals surface area contributed by atoms with Gasteiger partial charge in [0.1, 0.15) is 0 Å². The maximum absolute atomic E-state index is 5.05. The first kappa shape index (κ1) is 10.7. The first-order valence-electron chi connectivity index (χ1n) is 4.13. The Morgan fingerprint density at radius 1 is 1.27 bits per heavy atom. The lowest BCUT2D eigenvalue weighted by atomic mass is 10.3. The summed E-state index contributed by atoms with van der Waals surface area (Å²) in [6.45, 7) is 8.40. The van der Waals surface area contributed by atoms with Crippen LogP contribution in [0.5, 0.6) is 0 Å². The molecule has 0 aliphatic heterocycles. The van der Waals surface area contributed by atoms with E-state index in [1.54, 1.807) is 0 Å². The van der Waals surface area contributed by atoms with Crippen molar-refractivity contribution in [2.24, 2.45) is 0 Å². The van der Waals surface area contributed by atoms with Crippen LogP contribution in [0.15, 0.2) is 0 Å². The van der Waals surface area contributed by atoms with Crippen molar-refractivity contribution < 1.29 is 0 Å². The summed E-state index contributed by atoms with van der Waals surface area (Å²) >= 11 is 5.05. The van der Waals surface area contributed by atoms with Crippen molar-refractivity contribution in [3.63, 3.8) is 0 Å². The smallest absolute Gasteiger partial charge is 0.166 e. The Morgan fingerprint density at radius 3 is 2.18 bits per heavy atom. The van der Waals surface area contributed by atoms with E-state index in [-0.39, 0.29) is 0 Å². The van der Waals surface area contributed by atoms with Gasteiger partial charge in [-0.15, -0.1) is 0 Å². The van der Waals surface area contributed by atoms with Gasteiger partial charge in [-0.25, -0.2) is 0 Å². The van der Waals surface area contributed by atoms with Gasteiger partial charge in [0.2, 0.25) is 0 Å². The molecule has 0 fully saturated rings. The van der Waals surface area contributed by atoms with Crippen molar-refractivity contribution in [1.29, 1.82) is 0 Å². The topological polar surface area (TPSA) is 24.1 Å². The third kappa shape index (κ3) is 6.10. The highest BCUT2D eigenvalue weighted by molar-refractivity contribution is 7.80. The molecule has 0 heterocycles. The average molecular weight is 174 g/mol. The van der Waals surface area contributed by atoms with E-state index in [0.717, 1.165) is 11.5 Å². The van der Waals surface area contributed by atoms with Crippen LogP contribution in [-0.2, 0) is 0 Å². The van der Waals surface area contributed by atoms with Crippen molar-refractivity contribution >= 4 is 17.3 Å². The van der Waals surface area contributed by atoms with Crippen molar-refractivity contribution in [2.45, 2.75) is 46.2 Å². The molecule has 66 valence electrons. The molecule has 0 aliphatic rings. The van der Waals surface area contributed by atoms with Crippen LogP contribution in [0.25, 0.3) is 0 Å². The standard InChI is InChI=1S/C8H18N2S/c1-5-7(4)10-8(11)9-6(2)3/h6-7H,5H2,1-4H3,(H2,9,10,11). The quantitative estimate of drug-likeness (QED) is 0.636. The largest absolute Gasteiger partial charge is 0.361 e. The molecular formula is C8H18N2S. The second-order valence-electron chi connectivity index (χ2n) is 3.08. The molecule has 0 amide bonds. The lowest BCUT2D eigenvalue weighted by Gasteiger charge is -2.16. The average Bonchev–Trinajstić information content (AvgIpc) is 1.85. The maximum Gasteiger partial charge on any atom is 0.166 e. The fourth-order valence-corrected chi connectivity index (χ4v) is 1.07. The number of hydrogen-bond donors (Lipinski definition) is 2. The van der Waals surface area contributed by atoms with Crippen LogP contribution in [0.2, 0.25) is 0 Å². The molecule has 0 spiro atoms. The van der Waals surface area contributed by atoms with Gasteiger partial charge in [-0.2, -0.15) is 0 Å². The Morgan fingerprint density at radius 2 is 1.82 bits per heavy atom. The SMILES string of the molecule is CCC(C)NC(=S)NC(C)C. The van der Waals surface area contributed by atoms with E-state index < -0.39 is 0 Å². The molecule has 2 nitrogen and oxygen atoms in total. The van der Waals surface area contributed by atoms with Crippen molar-refractivity contribution in [3.8, 4) is 0 Å². The lowest BCUT2D eigenvalue weighted by Crippen LogP contribution is -2.43. The van der Waals surface area contributed by atoms with E-state index >= 15 is 0 Å². The van der Waals surface area contributed by atoms with Gasteiger partial charge in [0.15, 0.2) is 5.11 Å². The van der Waals surface area contributed by atoms with Crippen LogP contribution in [0.1, 0.15) is 34.1 Å². The molecule has 0 aromatic carbocycles. The molecule has 0 aromatic heterocycles. The molecule has 1 unspecified atom stereocenters. The van der Waals surface area contributed by atoms with Crippen molar-refractivity contribution in [1.82, 2.24) is 10.6 Å². The predicted octanol–water partition coefficient (Wildman–Crippen LogP) is 1.66. The van der Waals surface area contributed by atoms with Crippen LogP contribution < -0.4 is 10.6 Å². The summed E-state index contributed by atoms with van der Waals surface area (Å²) in [7, 11) is 0. The fraction of sp³-hybridized carbons (Fsp3) is 0.875. The van der Waals surface area contributed by atoms with Crippen LogP contribution in [0.4, 0.5) is 0 Å². The predicted molar refractivity (Wildman–Crippen MR) is 53.8 cm³/mol. The second-order valence-corrected chi connectivity index (χ2v) is 3.49. The Hall–Kier alpha value is -0.310. The lowest BCUT2D eigenvalue weighted by molar-refractivity contribution is 0.618. The van der Waals surface area contributed by atoms with Gasteiger partial charge < -0.3 is 10.6 Å². The van der Waals surface area contributed by atoms with Gasteiger partial charge in [-0.3, -0.25) is 0 Å². The third-order valence-corrected chi connectivity index (χ3v) is 1.65. The van der Waals surface area contributed by atoms with Gasteiger partial charge in [0.05, 0.1) is 0 Å². The summed E-state index contributed by atoms with van der Waals surface area (Å²) in [6, 6.07) is 0.882. The van der Waals surface area contributed by atoms with E-state index in [9.17, 15) is 0 Å². The summed E-state index contributed by atoms with van der Waals surface area (Å²) < 4.78 is 0. The van der Waals surface area contributed by atoms with E-state index in [1.165, 1.54) is 0 Å². The van der Waals surface area contributed by atoms with E-state index in [4.69, 9.17) is 12.2 Å². The second kappa shape index (κ2) is 5.35. The van der Waals surface area contributed by atoms with Crippen LogP contribution in [0.3, 0.4) is 0 Å². The molecule has 0 rings (SSSR count). The maximum atomic E-state index is 5.05. The first-order chi connectivity index (χ1) is 5.06. The molecule has 0 bridgehead atoms. The Balaban J connectivity index is 3.52. The molecule has 0 aromatic rings. The number of thiocarbonyl (C=S) groups is 1. The third-order valence-electron chi connectivity index (χ3n) is 1.41. The summed E-state index contributed by atoms with van der Waals surface area (Å²) in [5.74, 6) is 0. The zero-order valence-electron chi connectivity index (χ0n) is 7.77. The molecular weight excluding hydrogens is 156 g/mol. The van der Waals surface area contributed by atoms with Gasteiger partial charge in [-0.1, -0.05) is 6.92 Å². The molecule has 1 atom stereocenters. The van der Waals surface area contributed by atoms with Crippen molar-refractivity contribution in [3.05, 3.63) is 0 Å². The first-order valence-corrected chi connectivity index (χ1v) is 4.54. The van der Waals surface area contributed by atoms with Gasteiger partial charge in [-0.05, 0) is 39.4 Å². The Bertz CT molecular complexity index is 123. The van der Waals surface area contributed by atoms with Gasteiger partial charge in [0, 0.05) is 12.1 Å². The van der Waals surface area contributed by atoms with Gasteiger partial charge >= 0.3 is 0 Å². The highest BCUT2D eigenvalue weighted by Crippen LogP contribution is 1.87. The Kier molecular flexibility index (Phi) is 5.20. The molecule has 0 saturated heterocycles. The number of nitrogens with one attached hydrogen (secondary N) is 2. The highest BCUT2D eigenvalue weighted by atomic mass is 32.1.